The molecule has 1 atom stereocenters. The summed E-state index contributed by atoms with van der Waals surface area (Å²) in [6.07, 6.45) is 5.16. The van der Waals surface area contributed by atoms with E-state index in [1.165, 1.54) is 5.56 Å². The van der Waals surface area contributed by atoms with E-state index in [1.807, 2.05) is 13.1 Å². The molecule has 2 nitrogen and oxygen atoms in total. The smallest absolute Gasteiger partial charge is 0.0517 e. The summed E-state index contributed by atoms with van der Waals surface area (Å²) in [4.78, 5) is 4.14. The van der Waals surface area contributed by atoms with Crippen LogP contribution >= 0.6 is 15.9 Å². The van der Waals surface area contributed by atoms with E-state index in [9.17, 15) is 5.11 Å². The van der Waals surface area contributed by atoms with Crippen molar-refractivity contribution < 1.29 is 5.11 Å². The lowest BCUT2D eigenvalue weighted by atomic mass is 9.81. The largest absolute Gasteiger partial charge is 0.393 e. The number of hydrogen-bond donors (Lipinski definition) is 1. The van der Waals surface area contributed by atoms with Gasteiger partial charge in [-0.25, -0.2) is 0 Å². The highest BCUT2D eigenvalue weighted by Gasteiger charge is 2.20. The van der Waals surface area contributed by atoms with Crippen LogP contribution in [-0.4, -0.2) is 16.2 Å². The molecule has 0 radical (unpaired) electrons. The molecule has 15 heavy (non-hydrogen) atoms. The van der Waals surface area contributed by atoms with Crippen LogP contribution in [0.2, 0.25) is 0 Å². The van der Waals surface area contributed by atoms with Crippen molar-refractivity contribution in [1.82, 2.24) is 4.98 Å². The highest BCUT2D eigenvalue weighted by atomic mass is 79.9. The molecule has 0 aliphatic carbocycles. The molecule has 0 aromatic carbocycles. The van der Waals surface area contributed by atoms with E-state index in [0.29, 0.717) is 0 Å². The molecule has 84 valence electrons. The van der Waals surface area contributed by atoms with Crippen molar-refractivity contribution in [3.8, 4) is 0 Å². The van der Waals surface area contributed by atoms with Crippen molar-refractivity contribution in [3.05, 3.63) is 28.5 Å². The van der Waals surface area contributed by atoms with Crippen LogP contribution in [0, 0.1) is 5.41 Å². The molecule has 0 bridgehead atoms. The average molecular weight is 272 g/mol. The van der Waals surface area contributed by atoms with Crippen LogP contribution in [0.4, 0.5) is 0 Å². The molecular weight excluding hydrogens is 254 g/mol. The number of rotatable bonds is 4. The Bertz CT molecular complexity index is 323. The van der Waals surface area contributed by atoms with Crippen LogP contribution < -0.4 is 0 Å². The van der Waals surface area contributed by atoms with Gasteiger partial charge in [-0.3, -0.25) is 4.98 Å². The Morgan fingerprint density at radius 3 is 2.67 bits per heavy atom. The average Bonchev–Trinajstić information content (AvgIpc) is 1.99. The van der Waals surface area contributed by atoms with Crippen LogP contribution in [0.15, 0.2) is 22.9 Å². The van der Waals surface area contributed by atoms with Gasteiger partial charge >= 0.3 is 0 Å². The van der Waals surface area contributed by atoms with E-state index >= 15 is 0 Å². The SMILES string of the molecule is CC(O)CC(C)(C)Cc1cncc(Br)c1. The Balaban J connectivity index is 2.68. The van der Waals surface area contributed by atoms with Crippen molar-refractivity contribution >= 4 is 15.9 Å². The first-order valence-electron chi connectivity index (χ1n) is 5.16. The van der Waals surface area contributed by atoms with E-state index in [0.717, 1.165) is 17.3 Å². The maximum absolute atomic E-state index is 9.40. The summed E-state index contributed by atoms with van der Waals surface area (Å²) in [6.45, 7) is 6.17. The van der Waals surface area contributed by atoms with Gasteiger partial charge in [-0.15, -0.1) is 0 Å². The van der Waals surface area contributed by atoms with Gasteiger partial charge in [-0.2, -0.15) is 0 Å². The second kappa shape index (κ2) is 5.08. The summed E-state index contributed by atoms with van der Waals surface area (Å²) in [5, 5.41) is 9.40. The zero-order valence-electron chi connectivity index (χ0n) is 9.50. The van der Waals surface area contributed by atoms with Crippen LogP contribution in [0.25, 0.3) is 0 Å². The fourth-order valence-electron chi connectivity index (χ4n) is 1.98. The van der Waals surface area contributed by atoms with Gasteiger partial charge in [0.15, 0.2) is 0 Å². The Hall–Kier alpha value is -0.410. The molecule has 0 fully saturated rings. The standard InChI is InChI=1S/C12H18BrNO/c1-9(15)5-12(2,3)6-10-4-11(13)8-14-7-10/h4,7-9,15H,5-6H2,1-3H3. The number of hydrogen-bond acceptors (Lipinski definition) is 2. The summed E-state index contributed by atoms with van der Waals surface area (Å²) in [5.74, 6) is 0. The van der Waals surface area contributed by atoms with Gasteiger partial charge in [-0.05, 0) is 52.7 Å². The Morgan fingerprint density at radius 1 is 1.47 bits per heavy atom. The molecule has 0 amide bonds. The first-order chi connectivity index (χ1) is 6.89. The molecule has 0 spiro atoms. The highest BCUT2D eigenvalue weighted by molar-refractivity contribution is 9.10. The summed E-state index contributed by atoms with van der Waals surface area (Å²) >= 11 is 3.41. The third-order valence-corrected chi connectivity index (χ3v) is 2.73. The fraction of sp³-hybridized carbons (Fsp3) is 0.583. The van der Waals surface area contributed by atoms with Crippen molar-refractivity contribution in [2.75, 3.05) is 0 Å². The Labute approximate surface area is 99.9 Å². The topological polar surface area (TPSA) is 33.1 Å². The minimum Gasteiger partial charge on any atom is -0.393 e. The molecule has 1 N–H and O–H groups in total. The molecule has 1 aromatic heterocycles. The van der Waals surface area contributed by atoms with Gasteiger partial charge in [0, 0.05) is 16.9 Å². The van der Waals surface area contributed by atoms with Crippen molar-refractivity contribution in [3.63, 3.8) is 0 Å². The molecule has 1 unspecified atom stereocenters. The summed E-state index contributed by atoms with van der Waals surface area (Å²) in [6, 6.07) is 2.08. The molecule has 1 aromatic rings. The first kappa shape index (κ1) is 12.7. The van der Waals surface area contributed by atoms with Gasteiger partial charge < -0.3 is 5.11 Å². The van der Waals surface area contributed by atoms with Crippen LogP contribution in [-0.2, 0) is 6.42 Å². The molecule has 1 heterocycles. The minimum absolute atomic E-state index is 0.108. The normalized spacial score (nSPS) is 13.9. The summed E-state index contributed by atoms with van der Waals surface area (Å²) in [5.41, 5.74) is 1.31. The fourth-order valence-corrected chi connectivity index (χ4v) is 2.39. The van der Waals surface area contributed by atoms with E-state index in [1.54, 1.807) is 6.20 Å². The second-order valence-corrected chi connectivity index (χ2v) is 5.82. The molecule has 0 aliphatic rings. The summed E-state index contributed by atoms with van der Waals surface area (Å²) < 4.78 is 1.01. The molecule has 0 saturated heterocycles. The number of aromatic nitrogens is 1. The van der Waals surface area contributed by atoms with Crippen LogP contribution in [0.5, 0.6) is 0 Å². The molecule has 1 rings (SSSR count). The number of pyridine rings is 1. The third kappa shape index (κ3) is 4.76. The van der Waals surface area contributed by atoms with Crippen molar-refractivity contribution in [2.45, 2.75) is 39.7 Å². The lowest BCUT2D eigenvalue weighted by molar-refractivity contribution is 0.129. The number of halogens is 1. The van der Waals surface area contributed by atoms with Gasteiger partial charge in [0.25, 0.3) is 0 Å². The third-order valence-electron chi connectivity index (χ3n) is 2.29. The molecule has 3 heteroatoms. The lowest BCUT2D eigenvalue weighted by Gasteiger charge is -2.26. The molecule has 0 saturated carbocycles. The number of aliphatic hydroxyl groups is 1. The number of nitrogens with zero attached hydrogens (tertiary/aromatic N) is 1. The number of aliphatic hydroxyl groups excluding tert-OH is 1. The maximum Gasteiger partial charge on any atom is 0.0517 e. The maximum atomic E-state index is 9.40. The zero-order valence-corrected chi connectivity index (χ0v) is 11.1. The quantitative estimate of drug-likeness (QED) is 0.913. The minimum atomic E-state index is -0.250. The van der Waals surface area contributed by atoms with Gasteiger partial charge in [0.2, 0.25) is 0 Å². The second-order valence-electron chi connectivity index (χ2n) is 4.91. The first-order valence-corrected chi connectivity index (χ1v) is 5.96. The van der Waals surface area contributed by atoms with Gasteiger partial charge in [0.05, 0.1) is 6.10 Å². The zero-order chi connectivity index (χ0) is 11.5. The van der Waals surface area contributed by atoms with Gasteiger partial charge in [0.1, 0.15) is 0 Å². The Morgan fingerprint density at radius 2 is 2.13 bits per heavy atom. The summed E-state index contributed by atoms with van der Waals surface area (Å²) in [7, 11) is 0. The van der Waals surface area contributed by atoms with Crippen LogP contribution in [0.1, 0.15) is 32.8 Å². The van der Waals surface area contributed by atoms with Crippen molar-refractivity contribution in [2.24, 2.45) is 5.41 Å². The van der Waals surface area contributed by atoms with E-state index in [4.69, 9.17) is 0 Å². The molecular formula is C12H18BrNO. The molecule has 0 aliphatic heterocycles. The predicted molar refractivity (Wildman–Crippen MR) is 65.7 cm³/mol. The predicted octanol–water partition coefficient (Wildman–Crippen LogP) is 3.18. The van der Waals surface area contributed by atoms with E-state index in [2.05, 4.69) is 40.8 Å². The lowest BCUT2D eigenvalue weighted by Crippen LogP contribution is -2.21. The Kier molecular flexibility index (Phi) is 4.29. The highest BCUT2D eigenvalue weighted by Crippen LogP contribution is 2.27. The van der Waals surface area contributed by atoms with Gasteiger partial charge in [-0.1, -0.05) is 13.8 Å². The van der Waals surface area contributed by atoms with Crippen LogP contribution in [0.3, 0.4) is 0 Å². The monoisotopic (exact) mass is 271 g/mol. The van der Waals surface area contributed by atoms with E-state index in [-0.39, 0.29) is 11.5 Å². The van der Waals surface area contributed by atoms with Crippen molar-refractivity contribution in [1.29, 1.82) is 0 Å². The van der Waals surface area contributed by atoms with E-state index < -0.39 is 0 Å².